The molecule has 30 heavy (non-hydrogen) atoms. The third-order valence-electron chi connectivity index (χ3n) is 4.59. The second-order valence-electron chi connectivity index (χ2n) is 8.42. The highest BCUT2D eigenvalue weighted by atomic mass is 32.2. The molecule has 158 valence electrons. The SMILES string of the molecule is CC(C)(C(=O)Nc1ccc(-c2cccnc2)cc1)c1csc(NS(=O)C(C)(C)C)n1. The quantitative estimate of drug-likeness (QED) is 0.563. The molecule has 0 aliphatic heterocycles. The maximum atomic E-state index is 12.9. The van der Waals surface area contributed by atoms with Crippen molar-refractivity contribution in [1.82, 2.24) is 9.97 Å². The van der Waals surface area contributed by atoms with Crippen molar-refractivity contribution in [2.24, 2.45) is 0 Å². The first-order chi connectivity index (χ1) is 14.1. The number of hydrogen-bond acceptors (Lipinski definition) is 5. The summed E-state index contributed by atoms with van der Waals surface area (Å²) in [5.74, 6) is -0.162. The van der Waals surface area contributed by atoms with Gasteiger partial charge < -0.3 is 5.32 Å². The van der Waals surface area contributed by atoms with Crippen LogP contribution in [0.15, 0.2) is 54.2 Å². The lowest BCUT2D eigenvalue weighted by Gasteiger charge is -2.22. The minimum Gasteiger partial charge on any atom is -0.325 e. The van der Waals surface area contributed by atoms with Gasteiger partial charge in [-0.3, -0.25) is 14.5 Å². The molecule has 1 amide bonds. The highest BCUT2D eigenvalue weighted by Crippen LogP contribution is 2.30. The average Bonchev–Trinajstić information content (AvgIpc) is 3.18. The number of amides is 1. The number of hydrogen-bond donors (Lipinski definition) is 2. The Bertz CT molecular complexity index is 1040. The Balaban J connectivity index is 1.69. The summed E-state index contributed by atoms with van der Waals surface area (Å²) in [7, 11) is -1.27. The number of rotatable bonds is 6. The van der Waals surface area contributed by atoms with Crippen LogP contribution in [-0.4, -0.2) is 24.8 Å². The van der Waals surface area contributed by atoms with E-state index in [0.717, 1.165) is 11.1 Å². The number of pyridine rings is 1. The minimum atomic E-state index is -1.27. The molecule has 6 nitrogen and oxygen atoms in total. The van der Waals surface area contributed by atoms with Gasteiger partial charge >= 0.3 is 0 Å². The molecule has 3 aromatic rings. The van der Waals surface area contributed by atoms with E-state index in [0.29, 0.717) is 16.5 Å². The zero-order chi connectivity index (χ0) is 21.9. The molecule has 0 aliphatic rings. The molecule has 0 aliphatic carbocycles. The van der Waals surface area contributed by atoms with E-state index in [1.807, 2.05) is 76.4 Å². The van der Waals surface area contributed by atoms with Crippen LogP contribution in [0, 0.1) is 0 Å². The molecular weight excluding hydrogens is 416 g/mol. The van der Waals surface area contributed by atoms with Crippen molar-refractivity contribution < 1.29 is 9.00 Å². The van der Waals surface area contributed by atoms with E-state index >= 15 is 0 Å². The van der Waals surface area contributed by atoms with E-state index in [9.17, 15) is 9.00 Å². The van der Waals surface area contributed by atoms with Gasteiger partial charge in [0.15, 0.2) is 5.13 Å². The van der Waals surface area contributed by atoms with Crippen molar-refractivity contribution in [3.8, 4) is 11.1 Å². The average molecular weight is 443 g/mol. The summed E-state index contributed by atoms with van der Waals surface area (Å²) in [5, 5.41) is 5.33. The fraction of sp³-hybridized carbons (Fsp3) is 0.318. The topological polar surface area (TPSA) is 84.0 Å². The third-order valence-corrected chi connectivity index (χ3v) is 6.96. The molecule has 0 fully saturated rings. The standard InChI is InChI=1S/C22H26N4O2S2/c1-21(2,3)30(28)26-20-25-18(14-29-20)22(4,5)19(27)24-17-10-8-15(9-11-17)16-7-6-12-23-13-16/h6-14H,1-5H3,(H,24,27)(H,25,26). The molecule has 2 heterocycles. The molecule has 0 spiro atoms. The fourth-order valence-electron chi connectivity index (χ4n) is 2.52. The van der Waals surface area contributed by atoms with Gasteiger partial charge in [0.1, 0.15) is 11.0 Å². The van der Waals surface area contributed by atoms with Gasteiger partial charge in [-0.2, -0.15) is 0 Å². The van der Waals surface area contributed by atoms with Gasteiger partial charge in [0.05, 0.1) is 15.9 Å². The molecule has 0 saturated carbocycles. The fourth-order valence-corrected chi connectivity index (χ4v) is 4.17. The van der Waals surface area contributed by atoms with Crippen LogP contribution in [-0.2, 0) is 21.2 Å². The summed E-state index contributed by atoms with van der Waals surface area (Å²) in [6.45, 7) is 9.32. The second kappa shape index (κ2) is 8.65. The first-order valence-corrected chi connectivity index (χ1v) is 11.6. The van der Waals surface area contributed by atoms with Crippen molar-refractivity contribution in [2.45, 2.75) is 44.8 Å². The van der Waals surface area contributed by atoms with Crippen molar-refractivity contribution in [2.75, 3.05) is 10.0 Å². The number of benzene rings is 1. The van der Waals surface area contributed by atoms with Gasteiger partial charge in [0.25, 0.3) is 0 Å². The number of nitrogens with one attached hydrogen (secondary N) is 2. The zero-order valence-corrected chi connectivity index (χ0v) is 19.4. The summed E-state index contributed by atoms with van der Waals surface area (Å²) in [4.78, 5) is 21.6. The first-order valence-electron chi connectivity index (χ1n) is 9.54. The smallest absolute Gasteiger partial charge is 0.236 e. The van der Waals surface area contributed by atoms with Gasteiger partial charge in [-0.1, -0.05) is 18.2 Å². The van der Waals surface area contributed by atoms with Crippen molar-refractivity contribution in [3.63, 3.8) is 0 Å². The van der Waals surface area contributed by atoms with E-state index in [1.54, 1.807) is 12.4 Å². The molecule has 0 saturated heterocycles. The summed E-state index contributed by atoms with van der Waals surface area (Å²) in [6.07, 6.45) is 3.54. The Labute approximate surface area is 183 Å². The summed E-state index contributed by atoms with van der Waals surface area (Å²) in [5.41, 5.74) is 2.54. The van der Waals surface area contributed by atoms with Crippen LogP contribution < -0.4 is 10.0 Å². The Morgan fingerprint density at radius 3 is 2.33 bits per heavy atom. The van der Waals surface area contributed by atoms with Gasteiger partial charge in [-0.25, -0.2) is 9.19 Å². The second-order valence-corrected chi connectivity index (χ2v) is 11.2. The largest absolute Gasteiger partial charge is 0.325 e. The van der Waals surface area contributed by atoms with Gasteiger partial charge in [-0.15, -0.1) is 11.3 Å². The van der Waals surface area contributed by atoms with Crippen LogP contribution in [0.25, 0.3) is 11.1 Å². The Hall–Kier alpha value is -2.58. The lowest BCUT2D eigenvalue weighted by Crippen LogP contribution is -2.35. The van der Waals surface area contributed by atoms with Gasteiger partial charge in [0.2, 0.25) is 5.91 Å². The van der Waals surface area contributed by atoms with Crippen molar-refractivity contribution in [3.05, 3.63) is 59.9 Å². The highest BCUT2D eigenvalue weighted by molar-refractivity contribution is 7.87. The Morgan fingerprint density at radius 1 is 1.03 bits per heavy atom. The summed E-state index contributed by atoms with van der Waals surface area (Å²) >= 11 is 1.34. The molecule has 1 unspecified atom stereocenters. The molecule has 2 aromatic heterocycles. The predicted molar refractivity (Wildman–Crippen MR) is 125 cm³/mol. The van der Waals surface area contributed by atoms with Crippen LogP contribution in [0.4, 0.5) is 10.8 Å². The van der Waals surface area contributed by atoms with Crippen LogP contribution in [0.5, 0.6) is 0 Å². The van der Waals surface area contributed by atoms with E-state index in [1.165, 1.54) is 11.3 Å². The first kappa shape index (κ1) is 22.1. The molecule has 2 N–H and O–H groups in total. The van der Waals surface area contributed by atoms with E-state index in [-0.39, 0.29) is 5.91 Å². The lowest BCUT2D eigenvalue weighted by molar-refractivity contribution is -0.120. The van der Waals surface area contributed by atoms with Gasteiger partial charge in [0, 0.05) is 23.5 Å². The highest BCUT2D eigenvalue weighted by Gasteiger charge is 2.33. The molecule has 8 heteroatoms. The number of carbonyl (C=O) groups is 1. The lowest BCUT2D eigenvalue weighted by atomic mass is 9.89. The van der Waals surface area contributed by atoms with E-state index in [2.05, 4.69) is 20.0 Å². The van der Waals surface area contributed by atoms with Crippen LogP contribution >= 0.6 is 11.3 Å². The van der Waals surface area contributed by atoms with E-state index in [4.69, 9.17) is 0 Å². The number of anilines is 2. The monoisotopic (exact) mass is 442 g/mol. The number of aromatic nitrogens is 2. The minimum absolute atomic E-state index is 0.162. The Morgan fingerprint density at radius 2 is 1.73 bits per heavy atom. The maximum absolute atomic E-state index is 12.9. The predicted octanol–water partition coefficient (Wildman–Crippen LogP) is 5.00. The normalized spacial score (nSPS) is 13.0. The van der Waals surface area contributed by atoms with Crippen LogP contribution in [0.1, 0.15) is 40.3 Å². The van der Waals surface area contributed by atoms with Crippen molar-refractivity contribution >= 4 is 39.0 Å². The van der Waals surface area contributed by atoms with Crippen LogP contribution in [0.2, 0.25) is 0 Å². The van der Waals surface area contributed by atoms with Crippen molar-refractivity contribution in [1.29, 1.82) is 0 Å². The third kappa shape index (κ3) is 5.12. The zero-order valence-electron chi connectivity index (χ0n) is 17.7. The number of nitrogens with zero attached hydrogens (tertiary/aromatic N) is 2. The molecule has 1 atom stereocenters. The van der Waals surface area contributed by atoms with Gasteiger partial charge in [-0.05, 0) is 63.9 Å². The van der Waals surface area contributed by atoms with E-state index < -0.39 is 21.1 Å². The molecule has 1 aromatic carbocycles. The molecule has 3 rings (SSSR count). The maximum Gasteiger partial charge on any atom is 0.236 e. The molecular formula is C22H26N4O2S2. The molecule has 0 bridgehead atoms. The summed E-state index contributed by atoms with van der Waals surface area (Å²) in [6, 6.07) is 11.5. The number of thiazole rings is 1. The summed E-state index contributed by atoms with van der Waals surface area (Å²) < 4.78 is 14.8. The van der Waals surface area contributed by atoms with Crippen LogP contribution in [0.3, 0.4) is 0 Å². The number of carbonyl (C=O) groups excluding carboxylic acids is 1. The molecule has 0 radical (unpaired) electrons. The Kier molecular flexibility index (Phi) is 6.38.